The molecule has 4 rings (SSSR count). The Kier molecular flexibility index (Phi) is 5.56. The molecule has 4 aromatic rings. The van der Waals surface area contributed by atoms with Gasteiger partial charge in [-0.15, -0.1) is 22.7 Å². The maximum Gasteiger partial charge on any atom is 0.292 e. The van der Waals surface area contributed by atoms with Gasteiger partial charge < -0.3 is 5.32 Å². The van der Waals surface area contributed by atoms with Gasteiger partial charge in [-0.1, -0.05) is 30.0 Å². The van der Waals surface area contributed by atoms with E-state index in [9.17, 15) is 14.9 Å². The zero-order chi connectivity index (χ0) is 20.4. The fourth-order valence-corrected chi connectivity index (χ4v) is 5.55. The summed E-state index contributed by atoms with van der Waals surface area (Å²) in [5, 5.41) is 19.5. The van der Waals surface area contributed by atoms with Crippen LogP contribution in [-0.4, -0.2) is 26.6 Å². The smallest absolute Gasteiger partial charge is 0.292 e. The van der Waals surface area contributed by atoms with Crippen molar-refractivity contribution in [3.8, 4) is 10.4 Å². The Balaban J connectivity index is 1.58. The van der Waals surface area contributed by atoms with Gasteiger partial charge in [0.25, 0.3) is 5.69 Å². The zero-order valence-electron chi connectivity index (χ0n) is 15.1. The molecule has 1 amide bonds. The third-order valence-electron chi connectivity index (χ3n) is 4.01. The molecule has 1 N–H and O–H groups in total. The molecule has 0 radical (unpaired) electrons. The second kappa shape index (κ2) is 8.27. The van der Waals surface area contributed by atoms with Crippen LogP contribution in [0.1, 0.15) is 5.82 Å². The molecule has 0 saturated heterocycles. The van der Waals surface area contributed by atoms with Gasteiger partial charge in [-0.25, -0.2) is 9.97 Å². The van der Waals surface area contributed by atoms with Crippen molar-refractivity contribution >= 4 is 61.9 Å². The lowest BCUT2D eigenvalue weighted by atomic mass is 10.2. The monoisotopic (exact) mass is 442 g/mol. The summed E-state index contributed by atoms with van der Waals surface area (Å²) in [6.45, 7) is 1.82. The number of aryl methyl sites for hydroxylation is 1. The lowest BCUT2D eigenvalue weighted by Gasteiger charge is -2.07. The first-order chi connectivity index (χ1) is 14.0. The Morgan fingerprint density at radius 2 is 2.03 bits per heavy atom. The van der Waals surface area contributed by atoms with Crippen molar-refractivity contribution in [3.05, 3.63) is 63.1 Å². The van der Waals surface area contributed by atoms with E-state index in [4.69, 9.17) is 0 Å². The molecule has 0 aliphatic rings. The average Bonchev–Trinajstić information content (AvgIpc) is 3.35. The quantitative estimate of drug-likeness (QED) is 0.187. The Morgan fingerprint density at radius 3 is 2.79 bits per heavy atom. The molecule has 0 aliphatic heterocycles. The SMILES string of the molecule is Cc1nc(SCC(=O)Nc2ccccc2[N+](=O)[O-])c2c(-c3cccs3)csc2n1. The fraction of sp³-hybridized carbons (Fsp3) is 0.105. The molecule has 0 saturated carbocycles. The van der Waals surface area contributed by atoms with E-state index < -0.39 is 4.92 Å². The van der Waals surface area contributed by atoms with Crippen LogP contribution < -0.4 is 5.32 Å². The lowest BCUT2D eigenvalue weighted by molar-refractivity contribution is -0.383. The van der Waals surface area contributed by atoms with Gasteiger partial charge in [0.15, 0.2) is 0 Å². The second-order valence-electron chi connectivity index (χ2n) is 5.99. The summed E-state index contributed by atoms with van der Waals surface area (Å²) >= 11 is 4.49. The Morgan fingerprint density at radius 1 is 1.21 bits per heavy atom. The van der Waals surface area contributed by atoms with Gasteiger partial charge >= 0.3 is 0 Å². The van der Waals surface area contributed by atoms with Crippen molar-refractivity contribution in [2.24, 2.45) is 0 Å². The number of amides is 1. The number of benzene rings is 1. The highest BCUT2D eigenvalue weighted by Crippen LogP contribution is 2.40. The molecular formula is C19H14N4O3S3. The number of carbonyl (C=O) groups is 1. The molecule has 10 heteroatoms. The van der Waals surface area contributed by atoms with Gasteiger partial charge in [0, 0.05) is 21.9 Å². The van der Waals surface area contributed by atoms with Crippen LogP contribution in [0.15, 0.2) is 52.2 Å². The Bertz CT molecular complexity index is 1200. The third kappa shape index (κ3) is 4.14. The van der Waals surface area contributed by atoms with Gasteiger partial charge in [-0.05, 0) is 24.4 Å². The number of nitrogens with one attached hydrogen (secondary N) is 1. The van der Waals surface area contributed by atoms with Gasteiger partial charge in [0.2, 0.25) is 5.91 Å². The van der Waals surface area contributed by atoms with E-state index in [1.165, 1.54) is 23.9 Å². The van der Waals surface area contributed by atoms with Crippen molar-refractivity contribution in [1.29, 1.82) is 0 Å². The third-order valence-corrected chi connectivity index (χ3v) is 6.76. The minimum atomic E-state index is -0.515. The number of thioether (sulfide) groups is 1. The highest BCUT2D eigenvalue weighted by molar-refractivity contribution is 8.00. The summed E-state index contributed by atoms with van der Waals surface area (Å²) < 4.78 is 0. The number of para-hydroxylation sites is 2. The highest BCUT2D eigenvalue weighted by Gasteiger charge is 2.18. The number of nitrogens with zero attached hydrogens (tertiary/aromatic N) is 3. The van der Waals surface area contributed by atoms with Gasteiger partial charge in [-0.2, -0.15) is 0 Å². The van der Waals surface area contributed by atoms with Crippen LogP contribution in [0.25, 0.3) is 20.7 Å². The van der Waals surface area contributed by atoms with Crippen molar-refractivity contribution in [1.82, 2.24) is 9.97 Å². The number of rotatable bonds is 6. The number of nitro groups is 1. The van der Waals surface area contributed by atoms with E-state index in [2.05, 4.69) is 20.7 Å². The predicted molar refractivity (Wildman–Crippen MR) is 118 cm³/mol. The molecule has 0 spiro atoms. The minimum absolute atomic E-state index is 0.0807. The number of thiophene rings is 2. The standard InChI is InChI=1S/C19H14N4O3S3/c1-11-20-18-17(12(9-28-18)15-7-4-8-27-15)19(21-11)29-10-16(24)22-13-5-2-3-6-14(13)23(25)26/h2-9H,10H2,1H3,(H,22,24). The molecule has 0 bridgehead atoms. The number of hydrogen-bond donors (Lipinski definition) is 1. The van der Waals surface area contributed by atoms with E-state index in [0.29, 0.717) is 5.82 Å². The van der Waals surface area contributed by atoms with Crippen LogP contribution in [0.2, 0.25) is 0 Å². The van der Waals surface area contributed by atoms with E-state index in [1.807, 2.05) is 24.4 Å². The van der Waals surface area contributed by atoms with Crippen LogP contribution in [0.3, 0.4) is 0 Å². The van der Waals surface area contributed by atoms with E-state index in [0.717, 1.165) is 25.7 Å². The number of anilines is 1. The van der Waals surface area contributed by atoms with E-state index in [1.54, 1.807) is 34.8 Å². The summed E-state index contributed by atoms with van der Waals surface area (Å²) in [6, 6.07) is 10.1. The Hall–Kier alpha value is -2.82. The first-order valence-electron chi connectivity index (χ1n) is 8.48. The molecule has 0 fully saturated rings. The summed E-state index contributed by atoms with van der Waals surface area (Å²) in [6.07, 6.45) is 0. The first-order valence-corrected chi connectivity index (χ1v) is 11.2. The average molecular weight is 443 g/mol. The van der Waals surface area contributed by atoms with Crippen molar-refractivity contribution < 1.29 is 9.72 Å². The topological polar surface area (TPSA) is 98.0 Å². The van der Waals surface area contributed by atoms with Crippen molar-refractivity contribution in [2.45, 2.75) is 11.9 Å². The normalized spacial score (nSPS) is 10.9. The van der Waals surface area contributed by atoms with E-state index in [-0.39, 0.29) is 23.0 Å². The largest absolute Gasteiger partial charge is 0.320 e. The highest BCUT2D eigenvalue weighted by atomic mass is 32.2. The fourth-order valence-electron chi connectivity index (χ4n) is 2.79. The molecule has 29 heavy (non-hydrogen) atoms. The molecular weight excluding hydrogens is 428 g/mol. The van der Waals surface area contributed by atoms with Crippen molar-refractivity contribution in [3.63, 3.8) is 0 Å². The Labute approximate surface area is 178 Å². The maximum absolute atomic E-state index is 12.4. The van der Waals surface area contributed by atoms with Crippen LogP contribution in [-0.2, 0) is 4.79 Å². The molecule has 0 unspecified atom stereocenters. The van der Waals surface area contributed by atoms with Crippen LogP contribution >= 0.6 is 34.4 Å². The summed E-state index contributed by atoms with van der Waals surface area (Å²) in [5.74, 6) is 0.387. The zero-order valence-corrected chi connectivity index (χ0v) is 17.6. The number of hydrogen-bond acceptors (Lipinski definition) is 8. The number of fused-ring (bicyclic) bond motifs is 1. The van der Waals surface area contributed by atoms with E-state index >= 15 is 0 Å². The number of aromatic nitrogens is 2. The van der Waals surface area contributed by atoms with Gasteiger partial charge in [0.05, 0.1) is 16.1 Å². The molecule has 3 heterocycles. The maximum atomic E-state index is 12.4. The van der Waals surface area contributed by atoms with Crippen LogP contribution in [0, 0.1) is 17.0 Å². The molecule has 0 aliphatic carbocycles. The molecule has 146 valence electrons. The second-order valence-corrected chi connectivity index (χ2v) is 8.76. The molecule has 3 aromatic heterocycles. The van der Waals surface area contributed by atoms with Crippen LogP contribution in [0.5, 0.6) is 0 Å². The number of carbonyl (C=O) groups excluding carboxylic acids is 1. The van der Waals surface area contributed by atoms with Crippen molar-refractivity contribution in [2.75, 3.05) is 11.1 Å². The predicted octanol–water partition coefficient (Wildman–Crippen LogP) is 5.37. The minimum Gasteiger partial charge on any atom is -0.320 e. The number of nitro benzene ring substituents is 1. The molecule has 1 aromatic carbocycles. The summed E-state index contributed by atoms with van der Waals surface area (Å²) in [5.41, 5.74) is 1.10. The van der Waals surface area contributed by atoms with Crippen LogP contribution in [0.4, 0.5) is 11.4 Å². The summed E-state index contributed by atoms with van der Waals surface area (Å²) in [4.78, 5) is 34.1. The van der Waals surface area contributed by atoms with Gasteiger partial charge in [0.1, 0.15) is 21.4 Å². The lowest BCUT2D eigenvalue weighted by Crippen LogP contribution is -2.15. The first kappa shape index (κ1) is 19.5. The molecule has 7 nitrogen and oxygen atoms in total. The summed E-state index contributed by atoms with van der Waals surface area (Å²) in [7, 11) is 0. The van der Waals surface area contributed by atoms with Gasteiger partial charge in [-0.3, -0.25) is 14.9 Å². The molecule has 0 atom stereocenters.